The van der Waals surface area contributed by atoms with Gasteiger partial charge >= 0.3 is 0 Å². The van der Waals surface area contributed by atoms with E-state index in [0.29, 0.717) is 5.56 Å². The molecule has 3 N–H and O–H groups in total. The van der Waals surface area contributed by atoms with E-state index in [1.807, 2.05) is 36.4 Å². The Morgan fingerprint density at radius 3 is 2.09 bits per heavy atom. The van der Waals surface area contributed by atoms with Gasteiger partial charge in [0.2, 0.25) is 11.8 Å². The van der Waals surface area contributed by atoms with Crippen LogP contribution in [0.2, 0.25) is 0 Å². The summed E-state index contributed by atoms with van der Waals surface area (Å²) < 4.78 is 0. The van der Waals surface area contributed by atoms with Crippen molar-refractivity contribution in [3.8, 4) is 0 Å². The summed E-state index contributed by atoms with van der Waals surface area (Å²) in [5.41, 5.74) is 6.09. The molecule has 0 aliphatic heterocycles. The summed E-state index contributed by atoms with van der Waals surface area (Å²) in [6, 6.07) is 17.8. The third kappa shape index (κ3) is 4.36. The first kappa shape index (κ1) is 16.1. The van der Waals surface area contributed by atoms with Crippen LogP contribution in [0.4, 0.5) is 0 Å². The number of thioether (sulfide) groups is 1. The second kappa shape index (κ2) is 7.66. The molecule has 2 amide bonds. The van der Waals surface area contributed by atoms with Crippen molar-refractivity contribution in [1.29, 1.82) is 0 Å². The van der Waals surface area contributed by atoms with Gasteiger partial charge in [0.1, 0.15) is 6.04 Å². The van der Waals surface area contributed by atoms with E-state index in [1.165, 1.54) is 11.8 Å². The molecule has 2 atom stereocenters. The van der Waals surface area contributed by atoms with Crippen molar-refractivity contribution >= 4 is 23.6 Å². The van der Waals surface area contributed by atoms with E-state index in [1.54, 1.807) is 31.2 Å². The van der Waals surface area contributed by atoms with Gasteiger partial charge in [-0.3, -0.25) is 9.59 Å². The zero-order valence-corrected chi connectivity index (χ0v) is 13.0. The van der Waals surface area contributed by atoms with Gasteiger partial charge in [-0.15, -0.1) is 11.8 Å². The highest BCUT2D eigenvalue weighted by molar-refractivity contribution is 8.00. The molecule has 0 heterocycles. The molecule has 0 aromatic heterocycles. The number of benzene rings is 2. The Bertz CT molecular complexity index is 632. The van der Waals surface area contributed by atoms with Crippen molar-refractivity contribution < 1.29 is 9.59 Å². The Hall–Kier alpha value is -2.27. The van der Waals surface area contributed by atoms with Crippen LogP contribution in [0.5, 0.6) is 0 Å². The van der Waals surface area contributed by atoms with Crippen molar-refractivity contribution in [3.63, 3.8) is 0 Å². The summed E-state index contributed by atoms with van der Waals surface area (Å²) in [4.78, 5) is 24.9. The van der Waals surface area contributed by atoms with Crippen molar-refractivity contribution in [2.24, 2.45) is 5.73 Å². The minimum absolute atomic E-state index is 0.221. The van der Waals surface area contributed by atoms with E-state index in [0.717, 1.165) is 4.90 Å². The molecule has 0 saturated carbocycles. The van der Waals surface area contributed by atoms with Crippen LogP contribution in [-0.4, -0.2) is 17.1 Å². The highest BCUT2D eigenvalue weighted by atomic mass is 32.2. The van der Waals surface area contributed by atoms with Gasteiger partial charge in [-0.1, -0.05) is 48.5 Å². The lowest BCUT2D eigenvalue weighted by molar-refractivity contribution is -0.127. The van der Waals surface area contributed by atoms with Crippen LogP contribution in [0, 0.1) is 0 Å². The topological polar surface area (TPSA) is 72.2 Å². The first-order valence-corrected chi connectivity index (χ1v) is 7.82. The number of carbonyl (C=O) groups excluding carboxylic acids is 2. The Kier molecular flexibility index (Phi) is 5.61. The molecule has 22 heavy (non-hydrogen) atoms. The lowest BCUT2D eigenvalue weighted by Crippen LogP contribution is -2.40. The van der Waals surface area contributed by atoms with Gasteiger partial charge in [-0.2, -0.15) is 0 Å². The first-order chi connectivity index (χ1) is 10.6. The van der Waals surface area contributed by atoms with Crippen LogP contribution < -0.4 is 11.1 Å². The summed E-state index contributed by atoms with van der Waals surface area (Å²) in [6.45, 7) is 1.80. The molecule has 114 valence electrons. The molecule has 2 aromatic carbocycles. The average Bonchev–Trinajstić information content (AvgIpc) is 2.53. The Labute approximate surface area is 134 Å². The Morgan fingerprint density at radius 1 is 1.00 bits per heavy atom. The van der Waals surface area contributed by atoms with Crippen LogP contribution in [0.3, 0.4) is 0 Å². The highest BCUT2D eigenvalue weighted by Crippen LogP contribution is 2.23. The van der Waals surface area contributed by atoms with Crippen molar-refractivity contribution in [1.82, 2.24) is 5.32 Å². The number of nitrogens with two attached hydrogens (primary N) is 1. The van der Waals surface area contributed by atoms with Crippen LogP contribution in [0.25, 0.3) is 0 Å². The number of nitrogens with one attached hydrogen (secondary N) is 1. The third-order valence-electron chi connectivity index (χ3n) is 3.13. The molecule has 0 saturated heterocycles. The quantitative estimate of drug-likeness (QED) is 0.805. The molecule has 5 heteroatoms. The van der Waals surface area contributed by atoms with E-state index in [9.17, 15) is 9.59 Å². The molecule has 2 aromatic rings. The lowest BCUT2D eigenvalue weighted by atomic mass is 10.1. The zero-order chi connectivity index (χ0) is 15.9. The fraction of sp³-hybridized carbons (Fsp3) is 0.176. The molecule has 0 spiro atoms. The number of amides is 2. The summed E-state index contributed by atoms with van der Waals surface area (Å²) in [5, 5.41) is 2.39. The number of hydrogen-bond acceptors (Lipinski definition) is 3. The van der Waals surface area contributed by atoms with Gasteiger partial charge < -0.3 is 11.1 Å². The fourth-order valence-corrected chi connectivity index (χ4v) is 2.88. The van der Waals surface area contributed by atoms with Gasteiger partial charge in [0.15, 0.2) is 0 Å². The monoisotopic (exact) mass is 314 g/mol. The van der Waals surface area contributed by atoms with E-state index < -0.39 is 11.9 Å². The van der Waals surface area contributed by atoms with Crippen molar-refractivity contribution in [3.05, 3.63) is 66.2 Å². The minimum Gasteiger partial charge on any atom is -0.368 e. The molecule has 2 rings (SSSR count). The van der Waals surface area contributed by atoms with E-state index in [2.05, 4.69) is 5.32 Å². The number of rotatable bonds is 6. The van der Waals surface area contributed by atoms with Gasteiger partial charge in [0, 0.05) is 4.90 Å². The largest absolute Gasteiger partial charge is 0.368 e. The molecule has 0 aliphatic carbocycles. The maximum Gasteiger partial charge on any atom is 0.244 e. The SMILES string of the molecule is C[C@@H](Sc1ccccc1)C(=O)N[C@@H](C(N)=O)c1ccccc1. The normalized spacial score (nSPS) is 13.1. The predicted molar refractivity (Wildman–Crippen MR) is 88.3 cm³/mol. The molecule has 4 nitrogen and oxygen atoms in total. The minimum atomic E-state index is -0.812. The molecular formula is C17H18N2O2S. The van der Waals surface area contributed by atoms with Crippen LogP contribution in [0.15, 0.2) is 65.6 Å². The van der Waals surface area contributed by atoms with Gasteiger partial charge in [-0.05, 0) is 24.6 Å². The van der Waals surface area contributed by atoms with E-state index in [4.69, 9.17) is 5.73 Å². The maximum atomic E-state index is 12.3. The van der Waals surface area contributed by atoms with E-state index in [-0.39, 0.29) is 11.2 Å². The first-order valence-electron chi connectivity index (χ1n) is 6.94. The zero-order valence-electron chi connectivity index (χ0n) is 12.2. The molecular weight excluding hydrogens is 296 g/mol. The molecule has 0 aliphatic rings. The third-order valence-corrected chi connectivity index (χ3v) is 4.24. The smallest absolute Gasteiger partial charge is 0.244 e. The molecule has 0 fully saturated rings. The lowest BCUT2D eigenvalue weighted by Gasteiger charge is -2.18. The average molecular weight is 314 g/mol. The Balaban J connectivity index is 2.04. The molecule has 0 unspecified atom stereocenters. The number of carbonyl (C=O) groups is 2. The summed E-state index contributed by atoms with van der Waals surface area (Å²) in [6.07, 6.45) is 0. The second-order valence-electron chi connectivity index (χ2n) is 4.83. The Morgan fingerprint density at radius 2 is 1.55 bits per heavy atom. The van der Waals surface area contributed by atoms with Crippen molar-refractivity contribution in [2.75, 3.05) is 0 Å². The predicted octanol–water partition coefficient (Wildman–Crippen LogP) is 2.51. The van der Waals surface area contributed by atoms with Crippen LogP contribution >= 0.6 is 11.8 Å². The summed E-state index contributed by atoms with van der Waals surface area (Å²) >= 11 is 1.44. The fourth-order valence-electron chi connectivity index (χ4n) is 1.98. The highest BCUT2D eigenvalue weighted by Gasteiger charge is 2.23. The number of primary amides is 1. The van der Waals surface area contributed by atoms with Gasteiger partial charge in [0.25, 0.3) is 0 Å². The standard InChI is InChI=1S/C17H18N2O2S/c1-12(22-14-10-6-3-7-11-14)17(21)19-15(16(18)20)13-8-4-2-5-9-13/h2-12,15H,1H3,(H2,18,20)(H,19,21)/t12-,15-/m1/s1. The summed E-state index contributed by atoms with van der Waals surface area (Å²) in [5.74, 6) is -0.794. The van der Waals surface area contributed by atoms with Crippen molar-refractivity contribution in [2.45, 2.75) is 23.1 Å². The maximum absolute atomic E-state index is 12.3. The second-order valence-corrected chi connectivity index (χ2v) is 6.24. The summed E-state index contributed by atoms with van der Waals surface area (Å²) in [7, 11) is 0. The van der Waals surface area contributed by atoms with Crippen LogP contribution in [-0.2, 0) is 9.59 Å². The van der Waals surface area contributed by atoms with E-state index >= 15 is 0 Å². The molecule has 0 radical (unpaired) electrons. The van der Waals surface area contributed by atoms with Gasteiger partial charge in [0.05, 0.1) is 5.25 Å². The molecule has 0 bridgehead atoms. The number of hydrogen-bond donors (Lipinski definition) is 2. The van der Waals surface area contributed by atoms with Crippen LogP contribution in [0.1, 0.15) is 18.5 Å². The van der Waals surface area contributed by atoms with Gasteiger partial charge in [-0.25, -0.2) is 0 Å².